The van der Waals surface area contributed by atoms with Gasteiger partial charge in [0.2, 0.25) is 0 Å². The summed E-state index contributed by atoms with van der Waals surface area (Å²) < 4.78 is 28.7. The number of aromatic nitrogens is 3. The van der Waals surface area contributed by atoms with Gasteiger partial charge in [0, 0.05) is 12.1 Å². The third-order valence-electron chi connectivity index (χ3n) is 7.72. The highest BCUT2D eigenvalue weighted by atomic mass is 32.2. The molecule has 1 unspecified atom stereocenters. The van der Waals surface area contributed by atoms with E-state index < -0.39 is 17.1 Å². The van der Waals surface area contributed by atoms with E-state index in [1.54, 1.807) is 7.11 Å². The zero-order chi connectivity index (χ0) is 31.9. The Hall–Kier alpha value is -4.50. The molecule has 0 bridgehead atoms. The number of carbonyl (C=O) groups is 1. The van der Waals surface area contributed by atoms with E-state index in [2.05, 4.69) is 47.4 Å². The van der Waals surface area contributed by atoms with Gasteiger partial charge in [-0.15, -0.1) is 0 Å². The number of ether oxygens (including phenoxy) is 2. The fourth-order valence-corrected chi connectivity index (χ4v) is 6.31. The van der Waals surface area contributed by atoms with Crippen LogP contribution in [0.4, 0.5) is 4.79 Å². The summed E-state index contributed by atoms with van der Waals surface area (Å²) in [5.74, 6) is 1.79. The minimum absolute atomic E-state index is 0.286. The zero-order valence-corrected chi connectivity index (χ0v) is 27.4. The Morgan fingerprint density at radius 1 is 0.933 bits per heavy atom. The highest BCUT2D eigenvalue weighted by molar-refractivity contribution is 7.83. The molecule has 2 aromatic heterocycles. The molecule has 8 nitrogen and oxygen atoms in total. The van der Waals surface area contributed by atoms with Gasteiger partial charge in [-0.1, -0.05) is 62.7 Å². The van der Waals surface area contributed by atoms with Crippen molar-refractivity contribution in [3.8, 4) is 16.9 Å². The van der Waals surface area contributed by atoms with Crippen molar-refractivity contribution < 1.29 is 18.5 Å². The third-order valence-corrected chi connectivity index (χ3v) is 8.82. The number of nitrogens with zero attached hydrogens (tertiary/aromatic N) is 3. The molecule has 0 aliphatic carbocycles. The lowest BCUT2D eigenvalue weighted by Crippen LogP contribution is -2.27. The second-order valence-corrected chi connectivity index (χ2v) is 12.3. The van der Waals surface area contributed by atoms with E-state index >= 15 is 0 Å². The summed E-state index contributed by atoms with van der Waals surface area (Å²) in [5.41, 5.74) is 8.85. The second-order valence-electron chi connectivity index (χ2n) is 11.1. The molecule has 1 atom stereocenters. The number of nitrogens with one attached hydrogen (secondary N) is 1. The van der Waals surface area contributed by atoms with E-state index in [4.69, 9.17) is 19.4 Å². The number of amides is 1. The summed E-state index contributed by atoms with van der Waals surface area (Å²) in [6.07, 6.45) is 2.43. The van der Waals surface area contributed by atoms with E-state index in [0.29, 0.717) is 17.9 Å². The maximum atomic E-state index is 13.4. The topological polar surface area (TPSA) is 95.3 Å². The van der Waals surface area contributed by atoms with Gasteiger partial charge in [-0.2, -0.15) is 0 Å². The lowest BCUT2D eigenvalue weighted by atomic mass is 9.98. The second kappa shape index (κ2) is 14.5. The van der Waals surface area contributed by atoms with Gasteiger partial charge in [-0.25, -0.2) is 23.7 Å². The molecule has 3 aromatic carbocycles. The number of rotatable bonds is 12. The first-order chi connectivity index (χ1) is 21.8. The quantitative estimate of drug-likeness (QED) is 0.145. The molecule has 0 saturated carbocycles. The fourth-order valence-electron chi connectivity index (χ4n) is 5.42. The molecule has 234 valence electrons. The Labute approximate surface area is 267 Å². The Morgan fingerprint density at radius 2 is 1.69 bits per heavy atom. The predicted octanol–water partition coefficient (Wildman–Crippen LogP) is 7.47. The molecule has 9 heteroatoms. The van der Waals surface area contributed by atoms with E-state index in [-0.39, 0.29) is 6.61 Å². The van der Waals surface area contributed by atoms with Crippen molar-refractivity contribution in [2.45, 2.75) is 64.8 Å². The minimum Gasteiger partial charge on any atom is -0.497 e. The van der Waals surface area contributed by atoms with Crippen LogP contribution in [-0.4, -0.2) is 38.6 Å². The zero-order valence-electron chi connectivity index (χ0n) is 26.6. The van der Waals surface area contributed by atoms with E-state index in [9.17, 15) is 9.00 Å². The van der Waals surface area contributed by atoms with Crippen molar-refractivity contribution in [3.05, 3.63) is 107 Å². The van der Waals surface area contributed by atoms with Crippen molar-refractivity contribution in [2.75, 3.05) is 13.7 Å². The van der Waals surface area contributed by atoms with Gasteiger partial charge in [-0.3, -0.25) is 0 Å². The van der Waals surface area contributed by atoms with Gasteiger partial charge in [0.1, 0.15) is 17.1 Å². The lowest BCUT2D eigenvalue weighted by Gasteiger charge is -2.14. The number of fused-ring (bicyclic) bond motifs is 1. The molecule has 0 spiro atoms. The number of carbonyl (C=O) groups excluding carboxylic acids is 1. The standard InChI is InChI=1S/C36H40N4O4S/c1-6-8-18-44-36(41)39-45(42)32-17-14-28(20-27-10-9-11-30(21-27)43-5)22-31(32)29-15-12-26(13-16-29)23-40-33(7-2)38-34-24(3)19-25(4)37-35(34)40/h9-17,19,21-22H,6-8,18,20,23H2,1-5H3,(H,39,41). The first-order valence-electron chi connectivity index (χ1n) is 15.3. The first-order valence-corrected chi connectivity index (χ1v) is 16.5. The van der Waals surface area contributed by atoms with Gasteiger partial charge in [0.15, 0.2) is 16.6 Å². The number of imidazole rings is 1. The summed E-state index contributed by atoms with van der Waals surface area (Å²) in [6.45, 7) is 9.13. The maximum Gasteiger partial charge on any atom is 0.419 e. The number of methoxy groups -OCH3 is 1. The van der Waals surface area contributed by atoms with Crippen LogP contribution in [0.25, 0.3) is 22.3 Å². The van der Waals surface area contributed by atoms with Gasteiger partial charge < -0.3 is 14.0 Å². The molecule has 0 fully saturated rings. The molecule has 0 aliphatic heterocycles. The summed E-state index contributed by atoms with van der Waals surface area (Å²) in [4.78, 5) is 22.6. The van der Waals surface area contributed by atoms with Gasteiger partial charge in [-0.05, 0) is 90.4 Å². The van der Waals surface area contributed by atoms with Crippen LogP contribution in [0.2, 0.25) is 0 Å². The molecule has 1 N–H and O–H groups in total. The minimum atomic E-state index is -1.81. The van der Waals surface area contributed by atoms with Crippen molar-refractivity contribution in [1.29, 1.82) is 0 Å². The molecule has 5 rings (SSSR count). The van der Waals surface area contributed by atoms with Crippen LogP contribution in [0.15, 0.2) is 77.7 Å². The molecule has 1 amide bonds. The smallest absolute Gasteiger partial charge is 0.419 e. The molecule has 5 aromatic rings. The molecule has 0 radical (unpaired) electrons. The number of unbranched alkanes of at least 4 members (excludes halogenated alkanes) is 1. The summed E-state index contributed by atoms with van der Waals surface area (Å²) >= 11 is 0. The molecule has 45 heavy (non-hydrogen) atoms. The molecule has 0 saturated heterocycles. The average Bonchev–Trinajstić information content (AvgIpc) is 3.38. The number of hydrogen-bond acceptors (Lipinski definition) is 6. The normalized spacial score (nSPS) is 11.8. The molecular formula is C36H40N4O4S. The average molecular weight is 625 g/mol. The van der Waals surface area contributed by atoms with E-state index in [0.717, 1.165) is 81.1 Å². The van der Waals surface area contributed by atoms with E-state index in [1.165, 1.54) is 0 Å². The van der Waals surface area contributed by atoms with Crippen molar-refractivity contribution in [3.63, 3.8) is 0 Å². The number of pyridine rings is 1. The highest BCUT2D eigenvalue weighted by Crippen LogP contribution is 2.30. The van der Waals surface area contributed by atoms with Crippen LogP contribution in [0.5, 0.6) is 5.75 Å². The number of hydrogen-bond donors (Lipinski definition) is 1. The van der Waals surface area contributed by atoms with Crippen LogP contribution in [-0.2, 0) is 35.1 Å². The summed E-state index contributed by atoms with van der Waals surface area (Å²) in [6, 6.07) is 24.1. The maximum absolute atomic E-state index is 13.4. The van der Waals surface area contributed by atoms with Crippen LogP contribution in [0.1, 0.15) is 60.5 Å². The summed E-state index contributed by atoms with van der Waals surface area (Å²) in [7, 11) is -0.157. The Balaban J connectivity index is 1.46. The molecule has 2 heterocycles. The van der Waals surface area contributed by atoms with Gasteiger partial charge in [0.25, 0.3) is 0 Å². The summed E-state index contributed by atoms with van der Waals surface area (Å²) in [5, 5.41) is 0. The Morgan fingerprint density at radius 3 is 2.42 bits per heavy atom. The number of benzene rings is 3. The number of aryl methyl sites for hydroxylation is 3. The van der Waals surface area contributed by atoms with E-state index in [1.807, 2.05) is 62.4 Å². The van der Waals surface area contributed by atoms with Crippen LogP contribution in [0.3, 0.4) is 0 Å². The SMILES string of the molecule is CCCCOC(=O)NS(=O)c1ccc(Cc2cccc(OC)c2)cc1-c1ccc(Cn2c(CC)nc3c(C)cc(C)nc32)cc1. The van der Waals surface area contributed by atoms with Crippen LogP contribution in [0, 0.1) is 13.8 Å². The largest absolute Gasteiger partial charge is 0.497 e. The first kappa shape index (κ1) is 31.9. The van der Waals surface area contributed by atoms with Crippen molar-refractivity contribution in [1.82, 2.24) is 19.3 Å². The third kappa shape index (κ3) is 7.60. The molecule has 0 aliphatic rings. The van der Waals surface area contributed by atoms with Crippen molar-refractivity contribution in [2.24, 2.45) is 0 Å². The fraction of sp³-hybridized carbons (Fsp3) is 0.306. The lowest BCUT2D eigenvalue weighted by molar-refractivity contribution is 0.151. The Kier molecular flexibility index (Phi) is 10.3. The van der Waals surface area contributed by atoms with Crippen LogP contribution < -0.4 is 9.46 Å². The predicted molar refractivity (Wildman–Crippen MR) is 179 cm³/mol. The van der Waals surface area contributed by atoms with Crippen LogP contribution >= 0.6 is 0 Å². The van der Waals surface area contributed by atoms with Gasteiger partial charge >= 0.3 is 6.09 Å². The monoisotopic (exact) mass is 624 g/mol. The van der Waals surface area contributed by atoms with Crippen molar-refractivity contribution >= 4 is 28.2 Å². The highest BCUT2D eigenvalue weighted by Gasteiger charge is 2.18. The van der Waals surface area contributed by atoms with Gasteiger partial charge in [0.05, 0.1) is 25.2 Å². The Bertz CT molecular complexity index is 1830. The molecular weight excluding hydrogens is 584 g/mol.